The molecule has 1 atom stereocenters. The first kappa shape index (κ1) is 20.6. The summed E-state index contributed by atoms with van der Waals surface area (Å²) < 4.78 is 11.2. The van der Waals surface area contributed by atoms with Crippen LogP contribution in [0.2, 0.25) is 0 Å². The summed E-state index contributed by atoms with van der Waals surface area (Å²) >= 11 is 0.987. The van der Waals surface area contributed by atoms with Crippen molar-refractivity contribution in [1.82, 2.24) is 9.97 Å². The topological polar surface area (TPSA) is 102 Å². The van der Waals surface area contributed by atoms with Gasteiger partial charge in [0.15, 0.2) is 6.10 Å². The lowest BCUT2D eigenvalue weighted by molar-refractivity contribution is -0.148. The molecule has 0 saturated carbocycles. The second-order valence-electron chi connectivity index (χ2n) is 6.45. The Bertz CT molecular complexity index is 1010. The predicted molar refractivity (Wildman–Crippen MR) is 109 cm³/mol. The van der Waals surface area contributed by atoms with E-state index < -0.39 is 6.10 Å². The number of nitrogens with zero attached hydrogens (tertiary/aromatic N) is 1. The third-order valence-electron chi connectivity index (χ3n) is 4.28. The zero-order valence-electron chi connectivity index (χ0n) is 16.2. The van der Waals surface area contributed by atoms with Crippen molar-refractivity contribution in [1.29, 1.82) is 0 Å². The van der Waals surface area contributed by atoms with Gasteiger partial charge < -0.3 is 14.6 Å². The molecule has 0 aliphatic carbocycles. The van der Waals surface area contributed by atoms with Gasteiger partial charge in [-0.25, -0.2) is 0 Å². The Balaban J connectivity index is 1.64. The van der Waals surface area contributed by atoms with E-state index in [9.17, 15) is 14.7 Å². The maximum absolute atomic E-state index is 11.5. The largest absolute Gasteiger partial charge is 0.494 e. The van der Waals surface area contributed by atoms with Gasteiger partial charge in [-0.2, -0.15) is 0 Å². The summed E-state index contributed by atoms with van der Waals surface area (Å²) in [5.41, 5.74) is 2.66. The maximum atomic E-state index is 11.5. The van der Waals surface area contributed by atoms with Gasteiger partial charge in [0, 0.05) is 30.8 Å². The number of benzene rings is 1. The van der Waals surface area contributed by atoms with E-state index in [0.717, 1.165) is 34.6 Å². The predicted octanol–water partition coefficient (Wildman–Crippen LogP) is 3.37. The van der Waals surface area contributed by atoms with E-state index in [2.05, 4.69) is 9.97 Å². The molecule has 0 aliphatic rings. The third-order valence-corrected chi connectivity index (χ3v) is 5.15. The van der Waals surface area contributed by atoms with Crippen molar-refractivity contribution in [2.45, 2.75) is 32.8 Å². The van der Waals surface area contributed by atoms with Gasteiger partial charge >= 0.3 is 10.8 Å². The molecule has 2 aromatic heterocycles. The molecule has 0 saturated heterocycles. The van der Waals surface area contributed by atoms with E-state index in [1.807, 2.05) is 31.2 Å². The van der Waals surface area contributed by atoms with E-state index in [1.165, 1.54) is 6.92 Å². The second kappa shape index (κ2) is 9.38. The van der Waals surface area contributed by atoms with E-state index in [-0.39, 0.29) is 23.3 Å². The van der Waals surface area contributed by atoms with Gasteiger partial charge in [-0.3, -0.25) is 19.6 Å². The molecular formula is C21H22N2O5S. The molecule has 0 amide bonds. The fourth-order valence-corrected chi connectivity index (χ4v) is 3.52. The highest BCUT2D eigenvalue weighted by Gasteiger charge is 2.17. The van der Waals surface area contributed by atoms with Crippen molar-refractivity contribution in [3.8, 4) is 11.6 Å². The van der Waals surface area contributed by atoms with Gasteiger partial charge in [-0.1, -0.05) is 36.5 Å². The standard InChI is InChI=1S/C21H22N2O5S/c1-3-16-7-6-15(11-22-16)18(28-13(2)24)12-27-17-8-4-14(5-9-17)10-19-20(25)23-21(26)29-19/h4-9,11,18,25H,3,10,12H2,1-2H3,(H,23,26). The van der Waals surface area contributed by atoms with E-state index in [0.29, 0.717) is 17.0 Å². The molecule has 0 spiro atoms. The fourth-order valence-electron chi connectivity index (χ4n) is 2.77. The van der Waals surface area contributed by atoms with Crippen LogP contribution in [-0.4, -0.2) is 27.7 Å². The van der Waals surface area contributed by atoms with Gasteiger partial charge in [-0.05, 0) is 30.2 Å². The zero-order chi connectivity index (χ0) is 20.8. The number of aromatic hydroxyl groups is 1. The molecule has 0 radical (unpaired) electrons. The molecule has 152 valence electrons. The number of aromatic nitrogens is 2. The van der Waals surface area contributed by atoms with Crippen LogP contribution in [0.15, 0.2) is 47.4 Å². The average molecular weight is 414 g/mol. The number of esters is 1. The number of nitrogens with one attached hydrogen (secondary N) is 1. The number of ether oxygens (including phenoxy) is 2. The van der Waals surface area contributed by atoms with Crippen molar-refractivity contribution >= 4 is 17.3 Å². The lowest BCUT2D eigenvalue weighted by Gasteiger charge is -2.18. The number of H-pyrrole nitrogens is 1. The second-order valence-corrected chi connectivity index (χ2v) is 7.52. The average Bonchev–Trinajstić information content (AvgIpc) is 3.03. The molecule has 2 N–H and O–H groups in total. The Hall–Kier alpha value is -3.13. The smallest absolute Gasteiger partial charge is 0.307 e. The number of carbonyl (C=O) groups excluding carboxylic acids is 1. The van der Waals surface area contributed by atoms with Gasteiger partial charge in [0.25, 0.3) is 0 Å². The fraction of sp³-hybridized carbons (Fsp3) is 0.286. The quantitative estimate of drug-likeness (QED) is 0.548. The first-order valence-electron chi connectivity index (χ1n) is 9.19. The molecule has 0 bridgehead atoms. The van der Waals surface area contributed by atoms with E-state index >= 15 is 0 Å². The molecular weight excluding hydrogens is 392 g/mol. The number of hydrogen-bond acceptors (Lipinski definition) is 7. The van der Waals surface area contributed by atoms with Crippen LogP contribution >= 0.6 is 11.3 Å². The van der Waals surface area contributed by atoms with Crippen molar-refractivity contribution in [3.05, 3.63) is 74.0 Å². The van der Waals surface area contributed by atoms with Crippen LogP contribution in [0.1, 0.15) is 41.6 Å². The molecule has 3 rings (SSSR count). The Morgan fingerprint density at radius 3 is 2.55 bits per heavy atom. The number of aromatic amines is 1. The van der Waals surface area contributed by atoms with Gasteiger partial charge in [0.05, 0.1) is 4.88 Å². The molecule has 7 nitrogen and oxygen atoms in total. The molecule has 0 aliphatic heterocycles. The molecule has 29 heavy (non-hydrogen) atoms. The van der Waals surface area contributed by atoms with Crippen LogP contribution in [0.5, 0.6) is 11.6 Å². The van der Waals surface area contributed by atoms with Gasteiger partial charge in [-0.15, -0.1) is 0 Å². The Labute approximate surface area is 172 Å². The summed E-state index contributed by atoms with van der Waals surface area (Å²) in [6, 6.07) is 11.1. The lowest BCUT2D eigenvalue weighted by Crippen LogP contribution is -2.17. The number of aryl methyl sites for hydroxylation is 1. The number of pyridine rings is 1. The van der Waals surface area contributed by atoms with Crippen molar-refractivity contribution < 1.29 is 19.4 Å². The highest BCUT2D eigenvalue weighted by atomic mass is 32.1. The normalized spacial score (nSPS) is 11.8. The van der Waals surface area contributed by atoms with Crippen LogP contribution in [0, 0.1) is 0 Å². The van der Waals surface area contributed by atoms with E-state index in [1.54, 1.807) is 18.3 Å². The number of rotatable bonds is 8. The summed E-state index contributed by atoms with van der Waals surface area (Å²) in [5.74, 6) is 0.140. The number of thiazole rings is 1. The lowest BCUT2D eigenvalue weighted by atomic mass is 10.1. The Kier molecular flexibility index (Phi) is 6.66. The van der Waals surface area contributed by atoms with Crippen LogP contribution in [-0.2, 0) is 22.4 Å². The highest BCUT2D eigenvalue weighted by Crippen LogP contribution is 2.23. The van der Waals surface area contributed by atoms with Crippen molar-refractivity contribution in [2.75, 3.05) is 6.61 Å². The van der Waals surface area contributed by atoms with Crippen LogP contribution in [0.25, 0.3) is 0 Å². The van der Waals surface area contributed by atoms with Crippen LogP contribution in [0.3, 0.4) is 0 Å². The minimum Gasteiger partial charge on any atom is -0.494 e. The summed E-state index contributed by atoms with van der Waals surface area (Å²) in [4.78, 5) is 29.8. The summed E-state index contributed by atoms with van der Waals surface area (Å²) in [7, 11) is 0. The summed E-state index contributed by atoms with van der Waals surface area (Å²) in [6.07, 6.45) is 2.42. The van der Waals surface area contributed by atoms with E-state index in [4.69, 9.17) is 9.47 Å². The summed E-state index contributed by atoms with van der Waals surface area (Å²) in [5, 5.41) is 9.69. The highest BCUT2D eigenvalue weighted by molar-refractivity contribution is 7.09. The van der Waals surface area contributed by atoms with Crippen LogP contribution < -0.4 is 9.61 Å². The Morgan fingerprint density at radius 2 is 2.00 bits per heavy atom. The minimum absolute atomic E-state index is 0.0905. The molecule has 1 aromatic carbocycles. The zero-order valence-corrected chi connectivity index (χ0v) is 17.0. The molecule has 8 heteroatoms. The third kappa shape index (κ3) is 5.68. The van der Waals surface area contributed by atoms with Crippen molar-refractivity contribution in [3.63, 3.8) is 0 Å². The molecule has 0 fully saturated rings. The van der Waals surface area contributed by atoms with Crippen LogP contribution in [0.4, 0.5) is 0 Å². The SMILES string of the molecule is CCc1ccc(C(COc2ccc(Cc3sc(=O)[nH]c3O)cc2)OC(C)=O)cn1. The monoisotopic (exact) mass is 414 g/mol. The first-order valence-corrected chi connectivity index (χ1v) is 10.0. The number of carbonyl (C=O) groups is 1. The molecule has 3 aromatic rings. The number of hydrogen-bond donors (Lipinski definition) is 2. The van der Waals surface area contributed by atoms with Crippen molar-refractivity contribution in [2.24, 2.45) is 0 Å². The molecule has 2 heterocycles. The minimum atomic E-state index is -0.556. The summed E-state index contributed by atoms with van der Waals surface area (Å²) in [6.45, 7) is 3.54. The Morgan fingerprint density at radius 1 is 1.24 bits per heavy atom. The molecule has 1 unspecified atom stereocenters. The van der Waals surface area contributed by atoms with Gasteiger partial charge in [0.2, 0.25) is 5.88 Å². The first-order chi connectivity index (χ1) is 13.9. The maximum Gasteiger partial charge on any atom is 0.307 e. The van der Waals surface area contributed by atoms with Gasteiger partial charge in [0.1, 0.15) is 12.4 Å².